The van der Waals surface area contributed by atoms with E-state index in [1.807, 2.05) is 48.5 Å². The van der Waals surface area contributed by atoms with E-state index < -0.39 is 5.66 Å². The number of carbonyl (C=O) groups excluding carboxylic acids is 2. The first-order valence-corrected chi connectivity index (χ1v) is 11.5. The highest BCUT2D eigenvalue weighted by atomic mass is 35.5. The van der Waals surface area contributed by atoms with Crippen molar-refractivity contribution in [1.82, 2.24) is 10.6 Å². The van der Waals surface area contributed by atoms with Crippen LogP contribution in [-0.2, 0) is 11.2 Å². The van der Waals surface area contributed by atoms with Crippen LogP contribution in [0.5, 0.6) is 0 Å². The van der Waals surface area contributed by atoms with Crippen LogP contribution >= 0.6 is 11.6 Å². The number of benzene rings is 2. The van der Waals surface area contributed by atoms with Gasteiger partial charge in [-0.25, -0.2) is 0 Å². The first kappa shape index (κ1) is 20.4. The van der Waals surface area contributed by atoms with Crippen molar-refractivity contribution < 1.29 is 9.59 Å². The number of anilines is 1. The number of fused-ring (bicyclic) bond motifs is 3. The van der Waals surface area contributed by atoms with Crippen LogP contribution in [0, 0.1) is 17.3 Å². The molecule has 31 heavy (non-hydrogen) atoms. The minimum atomic E-state index is -0.460. The summed E-state index contributed by atoms with van der Waals surface area (Å²) in [7, 11) is 0. The molecule has 3 aliphatic carbocycles. The zero-order chi connectivity index (χ0) is 21.6. The molecule has 1 heterocycles. The highest BCUT2D eigenvalue weighted by Crippen LogP contribution is 2.58. The molecule has 3 fully saturated rings. The second-order valence-electron chi connectivity index (χ2n) is 9.62. The van der Waals surface area contributed by atoms with Crippen LogP contribution in [0.3, 0.4) is 0 Å². The predicted octanol–water partition coefficient (Wildman–Crippen LogP) is 4.38. The van der Waals surface area contributed by atoms with Gasteiger partial charge in [0.15, 0.2) is 0 Å². The molecular weight excluding hydrogens is 410 g/mol. The number of rotatable bonds is 4. The lowest BCUT2D eigenvalue weighted by Gasteiger charge is -2.60. The summed E-state index contributed by atoms with van der Waals surface area (Å²) in [6.45, 7) is 2.83. The second-order valence-corrected chi connectivity index (χ2v) is 10.1. The maximum absolute atomic E-state index is 13.1. The van der Waals surface area contributed by atoms with Crippen molar-refractivity contribution in [3.63, 3.8) is 0 Å². The molecule has 2 aromatic carbocycles. The van der Waals surface area contributed by atoms with Crippen LogP contribution < -0.4 is 16.0 Å². The summed E-state index contributed by atoms with van der Waals surface area (Å²) in [5.41, 5.74) is 2.14. The van der Waals surface area contributed by atoms with Gasteiger partial charge in [0, 0.05) is 29.1 Å². The quantitative estimate of drug-likeness (QED) is 0.664. The Hall–Kier alpha value is -2.53. The molecule has 2 amide bonds. The van der Waals surface area contributed by atoms with E-state index in [0.717, 1.165) is 48.4 Å². The molecule has 0 saturated heterocycles. The lowest BCUT2D eigenvalue weighted by atomic mass is 9.51. The molecule has 0 aromatic heterocycles. The molecule has 4 aliphatic rings. The maximum Gasteiger partial charge on any atom is 0.255 e. The molecule has 5 nitrogen and oxygen atoms in total. The minimum absolute atomic E-state index is 0.0190. The van der Waals surface area contributed by atoms with E-state index >= 15 is 0 Å². The van der Waals surface area contributed by atoms with E-state index in [2.05, 4.69) is 22.9 Å². The number of hydrogen-bond donors (Lipinski definition) is 3. The van der Waals surface area contributed by atoms with Gasteiger partial charge < -0.3 is 16.0 Å². The summed E-state index contributed by atoms with van der Waals surface area (Å²) >= 11 is 5.95. The van der Waals surface area contributed by atoms with Gasteiger partial charge in [-0.15, -0.1) is 0 Å². The van der Waals surface area contributed by atoms with Crippen molar-refractivity contribution in [2.45, 2.75) is 44.7 Å². The molecule has 3 saturated carbocycles. The first-order chi connectivity index (χ1) is 14.9. The molecule has 4 atom stereocenters. The molecule has 6 heteroatoms. The molecule has 1 spiro atoms. The first-order valence-electron chi connectivity index (χ1n) is 11.1. The van der Waals surface area contributed by atoms with Crippen molar-refractivity contribution in [2.75, 3.05) is 11.9 Å². The normalized spacial score (nSPS) is 31.0. The Morgan fingerprint density at radius 1 is 1.16 bits per heavy atom. The molecule has 0 unspecified atom stereocenters. The predicted molar refractivity (Wildman–Crippen MR) is 122 cm³/mol. The van der Waals surface area contributed by atoms with E-state index in [9.17, 15) is 9.59 Å². The van der Waals surface area contributed by atoms with Gasteiger partial charge >= 0.3 is 0 Å². The molecule has 3 N–H and O–H groups in total. The number of nitrogens with one attached hydrogen (secondary N) is 3. The molecule has 6 rings (SSSR count). The fourth-order valence-corrected chi connectivity index (χ4v) is 6.08. The fourth-order valence-electron chi connectivity index (χ4n) is 5.96. The van der Waals surface area contributed by atoms with Gasteiger partial charge in [-0.3, -0.25) is 9.59 Å². The van der Waals surface area contributed by atoms with Gasteiger partial charge in [0.25, 0.3) is 5.91 Å². The SMILES string of the molecule is C[C@]12CC[C@@H](C[C@@H]1C(=O)NCCc1ccc(Cl)cc1)[C@@]1(C2)NC(=O)c2ccccc2N1. The molecular formula is C25H28ClN3O2. The highest BCUT2D eigenvalue weighted by molar-refractivity contribution is 6.30. The third-order valence-corrected chi connectivity index (χ3v) is 7.87. The molecule has 1 aliphatic heterocycles. The maximum atomic E-state index is 13.1. The average Bonchev–Trinajstić information content (AvgIpc) is 2.74. The molecule has 0 radical (unpaired) electrons. The number of carbonyl (C=O) groups is 2. The zero-order valence-corrected chi connectivity index (χ0v) is 18.5. The Balaban J connectivity index is 1.27. The number of amides is 2. The molecule has 2 aromatic rings. The second kappa shape index (κ2) is 7.56. The van der Waals surface area contributed by atoms with E-state index in [4.69, 9.17) is 11.6 Å². The number of hydrogen-bond acceptors (Lipinski definition) is 3. The molecule has 162 valence electrons. The monoisotopic (exact) mass is 437 g/mol. The van der Waals surface area contributed by atoms with Gasteiger partial charge in [-0.2, -0.15) is 0 Å². The van der Waals surface area contributed by atoms with Gasteiger partial charge in [-0.05, 0) is 67.3 Å². The van der Waals surface area contributed by atoms with Crippen LogP contribution in [0.2, 0.25) is 5.02 Å². The van der Waals surface area contributed by atoms with E-state index in [0.29, 0.717) is 12.1 Å². The van der Waals surface area contributed by atoms with E-state index in [1.165, 1.54) is 0 Å². The molecule has 2 bridgehead atoms. The summed E-state index contributed by atoms with van der Waals surface area (Å²) in [5.74, 6) is 0.324. The Labute approximate surface area is 187 Å². The number of halogens is 1. The third-order valence-electron chi connectivity index (χ3n) is 7.61. The van der Waals surface area contributed by atoms with Gasteiger partial charge in [0.05, 0.1) is 5.56 Å². The minimum Gasteiger partial charge on any atom is -0.362 e. The Bertz CT molecular complexity index is 1020. The van der Waals surface area contributed by atoms with Crippen molar-refractivity contribution in [1.29, 1.82) is 0 Å². The lowest BCUT2D eigenvalue weighted by Crippen LogP contribution is -2.70. The Morgan fingerprint density at radius 2 is 1.94 bits per heavy atom. The summed E-state index contributed by atoms with van der Waals surface area (Å²) < 4.78 is 0. The Kier molecular flexibility index (Phi) is 4.97. The third kappa shape index (κ3) is 3.59. The van der Waals surface area contributed by atoms with Crippen molar-refractivity contribution >= 4 is 29.1 Å². The summed E-state index contributed by atoms with van der Waals surface area (Å²) in [6, 6.07) is 15.4. The average molecular weight is 438 g/mol. The number of para-hydroxylation sites is 1. The van der Waals surface area contributed by atoms with Crippen molar-refractivity contribution in [3.8, 4) is 0 Å². The van der Waals surface area contributed by atoms with Gasteiger partial charge in [-0.1, -0.05) is 42.8 Å². The topological polar surface area (TPSA) is 70.2 Å². The standard InChI is InChI=1S/C25H28ClN3O2/c1-24-12-10-17(25(15-24)28-21-5-3-2-4-19(21)22(30)29-25)14-20(24)23(31)27-13-11-16-6-8-18(26)9-7-16/h2-9,17,20,28H,10-15H2,1H3,(H,27,31)(H,29,30)/t17-,20+,24+,25+/m0/s1. The van der Waals surface area contributed by atoms with Gasteiger partial charge in [0.1, 0.15) is 5.66 Å². The summed E-state index contributed by atoms with van der Waals surface area (Å²) in [4.78, 5) is 25.9. The van der Waals surface area contributed by atoms with Crippen molar-refractivity contribution in [3.05, 3.63) is 64.7 Å². The van der Waals surface area contributed by atoms with Crippen LogP contribution in [0.4, 0.5) is 5.69 Å². The van der Waals surface area contributed by atoms with E-state index in [-0.39, 0.29) is 29.1 Å². The summed E-state index contributed by atoms with van der Waals surface area (Å²) in [5, 5.41) is 10.8. The lowest BCUT2D eigenvalue weighted by molar-refractivity contribution is -0.139. The van der Waals surface area contributed by atoms with Crippen LogP contribution in [0.15, 0.2) is 48.5 Å². The zero-order valence-electron chi connectivity index (χ0n) is 17.7. The van der Waals surface area contributed by atoms with Crippen LogP contribution in [0.25, 0.3) is 0 Å². The fraction of sp³-hybridized carbons (Fsp3) is 0.440. The smallest absolute Gasteiger partial charge is 0.255 e. The largest absolute Gasteiger partial charge is 0.362 e. The van der Waals surface area contributed by atoms with Gasteiger partial charge in [0.2, 0.25) is 5.91 Å². The van der Waals surface area contributed by atoms with Crippen LogP contribution in [-0.4, -0.2) is 24.0 Å². The van der Waals surface area contributed by atoms with Crippen LogP contribution in [0.1, 0.15) is 48.5 Å². The van der Waals surface area contributed by atoms with E-state index in [1.54, 1.807) is 0 Å². The van der Waals surface area contributed by atoms with Crippen molar-refractivity contribution in [2.24, 2.45) is 17.3 Å². The highest BCUT2D eigenvalue weighted by Gasteiger charge is 2.60. The summed E-state index contributed by atoms with van der Waals surface area (Å²) in [6.07, 6.45) is 4.36. The Morgan fingerprint density at radius 3 is 2.71 bits per heavy atom.